The smallest absolute Gasteiger partial charge is 0.364 e. The molecule has 0 unspecified atom stereocenters. The van der Waals surface area contributed by atoms with Crippen molar-refractivity contribution in [2.45, 2.75) is 0 Å². The second-order valence-electron chi connectivity index (χ2n) is 3.44. The first kappa shape index (κ1) is 8.23. The van der Waals surface area contributed by atoms with Crippen LogP contribution < -0.4 is 5.63 Å². The minimum absolute atomic E-state index is 0.385. The van der Waals surface area contributed by atoms with Crippen molar-refractivity contribution in [3.8, 4) is 0 Å². The molecular formula is C11H8N2O2. The maximum atomic E-state index is 11.6. The van der Waals surface area contributed by atoms with E-state index in [1.165, 1.54) is 0 Å². The van der Waals surface area contributed by atoms with Crippen molar-refractivity contribution in [3.63, 3.8) is 0 Å². The van der Waals surface area contributed by atoms with Crippen LogP contribution in [0, 0.1) is 0 Å². The zero-order chi connectivity index (χ0) is 10.4. The van der Waals surface area contributed by atoms with Gasteiger partial charge in [0.1, 0.15) is 5.58 Å². The first-order chi connectivity index (χ1) is 7.27. The number of hydrogen-bond donors (Lipinski definition) is 0. The number of nitrogens with zero attached hydrogens (tertiary/aromatic N) is 2. The van der Waals surface area contributed by atoms with Crippen molar-refractivity contribution < 1.29 is 4.42 Å². The third kappa shape index (κ3) is 1.01. The molecule has 1 aromatic carbocycles. The second kappa shape index (κ2) is 2.70. The van der Waals surface area contributed by atoms with Crippen molar-refractivity contribution in [3.05, 3.63) is 41.0 Å². The summed E-state index contributed by atoms with van der Waals surface area (Å²) in [7, 11) is 1.86. The van der Waals surface area contributed by atoms with E-state index in [1.54, 1.807) is 12.4 Å². The van der Waals surface area contributed by atoms with Gasteiger partial charge in [-0.2, -0.15) is 0 Å². The number of fused-ring (bicyclic) bond motifs is 3. The Labute approximate surface area is 84.8 Å². The van der Waals surface area contributed by atoms with Crippen LogP contribution in [0.25, 0.3) is 22.0 Å². The van der Waals surface area contributed by atoms with Gasteiger partial charge >= 0.3 is 5.63 Å². The average Bonchev–Trinajstić information content (AvgIpc) is 2.62. The first-order valence-corrected chi connectivity index (χ1v) is 4.60. The largest absolute Gasteiger partial charge is 0.421 e. The minimum Gasteiger partial charge on any atom is -0.421 e. The molecule has 4 nitrogen and oxygen atoms in total. The number of benzene rings is 1. The zero-order valence-electron chi connectivity index (χ0n) is 8.10. The van der Waals surface area contributed by atoms with Crippen molar-refractivity contribution in [2.24, 2.45) is 7.05 Å². The van der Waals surface area contributed by atoms with E-state index in [1.807, 2.05) is 29.8 Å². The molecule has 0 amide bonds. The summed E-state index contributed by atoms with van der Waals surface area (Å²) < 4.78 is 6.98. The lowest BCUT2D eigenvalue weighted by atomic mass is 10.2. The topological polar surface area (TPSA) is 48.0 Å². The number of hydrogen-bond acceptors (Lipinski definition) is 3. The molecule has 0 radical (unpaired) electrons. The number of rotatable bonds is 0. The van der Waals surface area contributed by atoms with Gasteiger partial charge in [0.25, 0.3) is 0 Å². The van der Waals surface area contributed by atoms with E-state index in [9.17, 15) is 4.79 Å². The number of aryl methyl sites for hydroxylation is 1. The number of aromatic nitrogens is 2. The summed E-state index contributed by atoms with van der Waals surface area (Å²) in [4.78, 5) is 15.6. The van der Waals surface area contributed by atoms with Gasteiger partial charge < -0.3 is 8.98 Å². The normalized spacial score (nSPS) is 11.3. The molecule has 0 bridgehead atoms. The predicted octanol–water partition coefficient (Wildman–Crippen LogP) is 1.68. The number of imidazole rings is 1. The van der Waals surface area contributed by atoms with Gasteiger partial charge in [0.05, 0.1) is 11.8 Å². The van der Waals surface area contributed by atoms with Gasteiger partial charge in [-0.05, 0) is 12.1 Å². The van der Waals surface area contributed by atoms with Crippen LogP contribution >= 0.6 is 0 Å². The van der Waals surface area contributed by atoms with Gasteiger partial charge in [0.2, 0.25) is 0 Å². The highest BCUT2D eigenvalue weighted by Crippen LogP contribution is 2.20. The lowest BCUT2D eigenvalue weighted by Crippen LogP contribution is -2.00. The monoisotopic (exact) mass is 200 g/mol. The molecule has 0 saturated carbocycles. The molecule has 0 aliphatic heterocycles. The van der Waals surface area contributed by atoms with Crippen LogP contribution in [0.4, 0.5) is 0 Å². The third-order valence-electron chi connectivity index (χ3n) is 2.48. The van der Waals surface area contributed by atoms with Gasteiger partial charge in [-0.25, -0.2) is 9.78 Å². The first-order valence-electron chi connectivity index (χ1n) is 4.60. The highest BCUT2D eigenvalue weighted by Gasteiger charge is 2.10. The minimum atomic E-state index is -0.385. The van der Waals surface area contributed by atoms with Crippen molar-refractivity contribution in [1.29, 1.82) is 0 Å². The Morgan fingerprint density at radius 3 is 3.00 bits per heavy atom. The van der Waals surface area contributed by atoms with Crippen molar-refractivity contribution in [1.82, 2.24) is 9.55 Å². The van der Waals surface area contributed by atoms with E-state index in [2.05, 4.69) is 4.98 Å². The van der Waals surface area contributed by atoms with Crippen LogP contribution in [-0.4, -0.2) is 9.55 Å². The van der Waals surface area contributed by atoms with Gasteiger partial charge in [0, 0.05) is 12.4 Å². The van der Waals surface area contributed by atoms with E-state index >= 15 is 0 Å². The molecule has 74 valence electrons. The summed E-state index contributed by atoms with van der Waals surface area (Å²) in [6.07, 6.45) is 1.62. The van der Waals surface area contributed by atoms with Crippen LogP contribution in [-0.2, 0) is 7.05 Å². The Balaban J connectivity index is 2.74. The lowest BCUT2D eigenvalue weighted by Gasteiger charge is -1.99. The van der Waals surface area contributed by atoms with Crippen molar-refractivity contribution >= 4 is 22.0 Å². The molecule has 0 atom stereocenters. The SMILES string of the molecule is Cn1cnc2c(=O)oc3ccccc3c21. The van der Waals surface area contributed by atoms with E-state index in [-0.39, 0.29) is 5.63 Å². The molecule has 4 heteroatoms. The average molecular weight is 200 g/mol. The van der Waals surface area contributed by atoms with E-state index in [0.717, 1.165) is 10.9 Å². The molecule has 15 heavy (non-hydrogen) atoms. The lowest BCUT2D eigenvalue weighted by molar-refractivity contribution is 0.568. The molecule has 0 N–H and O–H groups in total. The molecular weight excluding hydrogens is 192 g/mol. The van der Waals surface area contributed by atoms with Gasteiger partial charge in [-0.3, -0.25) is 0 Å². The second-order valence-corrected chi connectivity index (χ2v) is 3.44. The molecule has 0 fully saturated rings. The fourth-order valence-electron chi connectivity index (χ4n) is 1.80. The van der Waals surface area contributed by atoms with Crippen molar-refractivity contribution in [2.75, 3.05) is 0 Å². The Morgan fingerprint density at radius 1 is 1.33 bits per heavy atom. The molecule has 3 aromatic rings. The van der Waals surface area contributed by atoms with Gasteiger partial charge in [0.15, 0.2) is 5.52 Å². The van der Waals surface area contributed by atoms with Gasteiger partial charge in [-0.1, -0.05) is 12.1 Å². The Hall–Kier alpha value is -2.10. The maximum absolute atomic E-state index is 11.6. The van der Waals surface area contributed by atoms with Gasteiger partial charge in [-0.15, -0.1) is 0 Å². The predicted molar refractivity (Wildman–Crippen MR) is 56.8 cm³/mol. The third-order valence-corrected chi connectivity index (χ3v) is 2.48. The Morgan fingerprint density at radius 2 is 2.13 bits per heavy atom. The van der Waals surface area contributed by atoms with Crippen LogP contribution in [0.3, 0.4) is 0 Å². The van der Waals surface area contributed by atoms with Crippen LogP contribution in [0.1, 0.15) is 0 Å². The number of para-hydroxylation sites is 1. The maximum Gasteiger partial charge on any atom is 0.364 e. The molecule has 2 aromatic heterocycles. The summed E-state index contributed by atoms with van der Waals surface area (Å²) in [6.45, 7) is 0. The summed E-state index contributed by atoms with van der Waals surface area (Å²) in [5, 5.41) is 0.909. The highest BCUT2D eigenvalue weighted by molar-refractivity contribution is 6.00. The van der Waals surface area contributed by atoms with E-state index < -0.39 is 0 Å². The molecule has 2 heterocycles. The fraction of sp³-hybridized carbons (Fsp3) is 0.0909. The van der Waals surface area contributed by atoms with Crippen LogP contribution in [0.5, 0.6) is 0 Å². The zero-order valence-corrected chi connectivity index (χ0v) is 8.10. The van der Waals surface area contributed by atoms with Crippen LogP contribution in [0.15, 0.2) is 39.8 Å². The molecule has 3 rings (SSSR count). The molecule has 0 saturated heterocycles. The van der Waals surface area contributed by atoms with E-state index in [4.69, 9.17) is 4.42 Å². The Kier molecular flexibility index (Phi) is 1.48. The van der Waals surface area contributed by atoms with Crippen LogP contribution in [0.2, 0.25) is 0 Å². The summed E-state index contributed by atoms with van der Waals surface area (Å²) in [6, 6.07) is 7.45. The Bertz CT molecular complexity index is 709. The standard InChI is InChI=1S/C11H8N2O2/c1-13-6-12-9-10(13)7-4-2-3-5-8(7)15-11(9)14/h2-6H,1H3. The summed E-state index contributed by atoms with van der Waals surface area (Å²) in [5.74, 6) is 0. The fourth-order valence-corrected chi connectivity index (χ4v) is 1.80. The quantitative estimate of drug-likeness (QED) is 0.519. The molecule has 0 aliphatic carbocycles. The molecule has 0 spiro atoms. The summed E-state index contributed by atoms with van der Waals surface area (Å²) in [5.41, 5.74) is 1.42. The molecule has 0 aliphatic rings. The summed E-state index contributed by atoms with van der Waals surface area (Å²) >= 11 is 0. The van der Waals surface area contributed by atoms with E-state index in [0.29, 0.717) is 11.1 Å². The highest BCUT2D eigenvalue weighted by atomic mass is 16.4.